The number of hydrogen-bond acceptors (Lipinski definition) is 5. The third-order valence-electron chi connectivity index (χ3n) is 3.67. The molecule has 0 saturated carbocycles. The number of aromatic nitrogens is 1. The number of nitrogens with one attached hydrogen (secondary N) is 1. The van der Waals surface area contributed by atoms with E-state index < -0.39 is 10.8 Å². The molecular formula is C19H25ClN2O4S. The number of carbonyl (C=O) groups is 1. The molecule has 1 N–H and O–H groups in total. The van der Waals surface area contributed by atoms with Crippen LogP contribution in [0.25, 0.3) is 11.5 Å². The molecule has 8 heteroatoms. The van der Waals surface area contributed by atoms with Gasteiger partial charge in [0.25, 0.3) is 0 Å². The van der Waals surface area contributed by atoms with Crippen molar-refractivity contribution in [2.45, 2.75) is 39.0 Å². The molecule has 2 aromatic rings. The smallest absolute Gasteiger partial charge is 0.232 e. The summed E-state index contributed by atoms with van der Waals surface area (Å²) < 4.78 is 23.3. The molecule has 0 aliphatic heterocycles. The van der Waals surface area contributed by atoms with Crippen LogP contribution < -0.4 is 5.32 Å². The van der Waals surface area contributed by atoms with Crippen molar-refractivity contribution in [3.63, 3.8) is 0 Å². The standard InChI is InChI=1S/C19H25ClN2O4S/c1-13(2)25-10-4-9-21-18(23)12-27(24)11-17-14(3)26-19(22-17)15-5-7-16(20)8-6-15/h5-8,13H,4,9-12H2,1-3H3,(H,21,23). The average molecular weight is 413 g/mol. The lowest BCUT2D eigenvalue weighted by Gasteiger charge is -2.08. The van der Waals surface area contributed by atoms with Crippen molar-refractivity contribution in [3.05, 3.63) is 40.7 Å². The van der Waals surface area contributed by atoms with E-state index in [1.165, 1.54) is 0 Å². The number of ether oxygens (including phenoxy) is 1. The Kier molecular flexibility index (Phi) is 8.47. The Morgan fingerprint density at radius 2 is 2.04 bits per heavy atom. The minimum absolute atomic E-state index is 0.0619. The van der Waals surface area contributed by atoms with E-state index in [1.807, 2.05) is 26.0 Å². The van der Waals surface area contributed by atoms with Crippen molar-refractivity contribution in [1.29, 1.82) is 0 Å². The van der Waals surface area contributed by atoms with Gasteiger partial charge in [0.15, 0.2) is 0 Å². The second-order valence-electron chi connectivity index (χ2n) is 6.38. The van der Waals surface area contributed by atoms with E-state index in [2.05, 4.69) is 10.3 Å². The van der Waals surface area contributed by atoms with Crippen LogP contribution in [-0.2, 0) is 26.1 Å². The van der Waals surface area contributed by atoms with Gasteiger partial charge in [0.2, 0.25) is 11.8 Å². The number of amides is 1. The maximum Gasteiger partial charge on any atom is 0.232 e. The lowest BCUT2D eigenvalue weighted by atomic mass is 10.2. The molecule has 1 unspecified atom stereocenters. The van der Waals surface area contributed by atoms with Gasteiger partial charge in [-0.05, 0) is 51.5 Å². The zero-order valence-electron chi connectivity index (χ0n) is 15.8. The van der Waals surface area contributed by atoms with Gasteiger partial charge in [-0.2, -0.15) is 0 Å². The predicted octanol–water partition coefficient (Wildman–Crippen LogP) is 3.48. The Balaban J connectivity index is 1.81. The maximum atomic E-state index is 12.3. The maximum absolute atomic E-state index is 12.3. The van der Waals surface area contributed by atoms with Crippen molar-refractivity contribution >= 4 is 28.3 Å². The first kappa shape index (κ1) is 21.6. The zero-order chi connectivity index (χ0) is 19.8. The largest absolute Gasteiger partial charge is 0.441 e. The second kappa shape index (κ2) is 10.6. The van der Waals surface area contributed by atoms with E-state index >= 15 is 0 Å². The molecule has 0 aliphatic carbocycles. The molecule has 27 heavy (non-hydrogen) atoms. The number of aryl methyl sites for hydroxylation is 1. The highest BCUT2D eigenvalue weighted by Crippen LogP contribution is 2.24. The third kappa shape index (κ3) is 7.44. The van der Waals surface area contributed by atoms with Gasteiger partial charge in [0.1, 0.15) is 11.5 Å². The lowest BCUT2D eigenvalue weighted by molar-refractivity contribution is -0.118. The number of carbonyl (C=O) groups excluding carboxylic acids is 1. The monoisotopic (exact) mass is 412 g/mol. The van der Waals surface area contributed by atoms with Gasteiger partial charge in [0, 0.05) is 34.5 Å². The highest BCUT2D eigenvalue weighted by atomic mass is 35.5. The summed E-state index contributed by atoms with van der Waals surface area (Å²) >= 11 is 5.88. The highest BCUT2D eigenvalue weighted by Gasteiger charge is 2.16. The van der Waals surface area contributed by atoms with E-state index in [0.717, 1.165) is 12.0 Å². The van der Waals surface area contributed by atoms with E-state index in [-0.39, 0.29) is 23.5 Å². The fourth-order valence-electron chi connectivity index (χ4n) is 2.30. The van der Waals surface area contributed by atoms with Crippen molar-refractivity contribution < 1.29 is 18.2 Å². The Labute approximate surface area is 167 Å². The van der Waals surface area contributed by atoms with Crippen LogP contribution in [0.1, 0.15) is 31.7 Å². The predicted molar refractivity (Wildman–Crippen MR) is 107 cm³/mol. The van der Waals surface area contributed by atoms with Crippen molar-refractivity contribution in [2.24, 2.45) is 0 Å². The fourth-order valence-corrected chi connectivity index (χ4v) is 3.49. The molecule has 2 rings (SSSR count). The summed E-state index contributed by atoms with van der Waals surface area (Å²) in [6.07, 6.45) is 0.903. The topological polar surface area (TPSA) is 81.4 Å². The first-order chi connectivity index (χ1) is 12.8. The Bertz CT molecular complexity index is 775. The minimum atomic E-state index is -1.36. The van der Waals surface area contributed by atoms with Crippen LogP contribution in [0.2, 0.25) is 5.02 Å². The summed E-state index contributed by atoms with van der Waals surface area (Å²) in [7, 11) is -1.36. The average Bonchev–Trinajstić information content (AvgIpc) is 2.95. The van der Waals surface area contributed by atoms with Crippen molar-refractivity contribution in [2.75, 3.05) is 18.9 Å². The van der Waals surface area contributed by atoms with Gasteiger partial charge < -0.3 is 14.5 Å². The molecule has 0 spiro atoms. The molecule has 0 bridgehead atoms. The summed E-state index contributed by atoms with van der Waals surface area (Å²) in [5.74, 6) is 0.919. The summed E-state index contributed by atoms with van der Waals surface area (Å²) in [6.45, 7) is 6.80. The molecule has 0 fully saturated rings. The van der Waals surface area contributed by atoms with Gasteiger partial charge >= 0.3 is 0 Å². The minimum Gasteiger partial charge on any atom is -0.441 e. The Morgan fingerprint density at radius 1 is 1.33 bits per heavy atom. The molecule has 148 valence electrons. The van der Waals surface area contributed by atoms with E-state index in [9.17, 15) is 9.00 Å². The zero-order valence-corrected chi connectivity index (χ0v) is 17.4. The fraction of sp³-hybridized carbons (Fsp3) is 0.474. The van der Waals surface area contributed by atoms with Crippen LogP contribution in [0, 0.1) is 6.92 Å². The first-order valence-electron chi connectivity index (χ1n) is 8.80. The van der Waals surface area contributed by atoms with Gasteiger partial charge in [-0.15, -0.1) is 0 Å². The van der Waals surface area contributed by atoms with Gasteiger partial charge in [-0.1, -0.05) is 11.6 Å². The molecular weight excluding hydrogens is 388 g/mol. The van der Waals surface area contributed by atoms with Gasteiger partial charge in [-0.25, -0.2) is 4.98 Å². The number of rotatable bonds is 10. The van der Waals surface area contributed by atoms with Crippen molar-refractivity contribution in [3.8, 4) is 11.5 Å². The number of oxazole rings is 1. The van der Waals surface area contributed by atoms with Crippen LogP contribution in [0.4, 0.5) is 0 Å². The lowest BCUT2D eigenvalue weighted by Crippen LogP contribution is -2.30. The van der Waals surface area contributed by atoms with Gasteiger partial charge in [0.05, 0.1) is 17.6 Å². The van der Waals surface area contributed by atoms with E-state index in [0.29, 0.717) is 35.5 Å². The quantitative estimate of drug-likeness (QED) is 0.604. The van der Waals surface area contributed by atoms with Crippen LogP contribution in [0.15, 0.2) is 28.7 Å². The summed E-state index contributed by atoms with van der Waals surface area (Å²) in [6, 6.07) is 7.13. The molecule has 0 saturated heterocycles. The molecule has 1 atom stereocenters. The van der Waals surface area contributed by atoms with Crippen molar-refractivity contribution in [1.82, 2.24) is 10.3 Å². The molecule has 0 radical (unpaired) electrons. The SMILES string of the molecule is Cc1oc(-c2ccc(Cl)cc2)nc1CS(=O)CC(=O)NCCCOC(C)C. The van der Waals surface area contributed by atoms with Crippen LogP contribution in [0.3, 0.4) is 0 Å². The van der Waals surface area contributed by atoms with Crippen LogP contribution >= 0.6 is 11.6 Å². The highest BCUT2D eigenvalue weighted by molar-refractivity contribution is 7.84. The van der Waals surface area contributed by atoms with E-state index in [1.54, 1.807) is 19.1 Å². The summed E-state index contributed by atoms with van der Waals surface area (Å²) in [4.78, 5) is 16.3. The van der Waals surface area contributed by atoms with Crippen LogP contribution in [-0.4, -0.2) is 40.1 Å². The second-order valence-corrected chi connectivity index (χ2v) is 8.27. The first-order valence-corrected chi connectivity index (χ1v) is 10.7. The molecule has 1 amide bonds. The molecule has 6 nitrogen and oxygen atoms in total. The molecule has 1 heterocycles. The van der Waals surface area contributed by atoms with E-state index in [4.69, 9.17) is 20.8 Å². The third-order valence-corrected chi connectivity index (χ3v) is 5.10. The summed E-state index contributed by atoms with van der Waals surface area (Å²) in [5.41, 5.74) is 1.39. The number of nitrogens with zero attached hydrogens (tertiary/aromatic N) is 1. The Hall–Kier alpha value is -1.70. The molecule has 0 aliphatic rings. The molecule has 1 aromatic heterocycles. The van der Waals surface area contributed by atoms with Crippen LogP contribution in [0.5, 0.6) is 0 Å². The number of benzene rings is 1. The summed E-state index contributed by atoms with van der Waals surface area (Å²) in [5, 5.41) is 3.39. The number of hydrogen-bond donors (Lipinski definition) is 1. The van der Waals surface area contributed by atoms with Gasteiger partial charge in [-0.3, -0.25) is 9.00 Å². The normalized spacial score (nSPS) is 12.3. The Morgan fingerprint density at radius 3 is 2.70 bits per heavy atom. The molecule has 1 aromatic carbocycles. The number of halogens is 1.